The molecular formula is C11H15Cl2NO2. The average Bonchev–Trinajstić information content (AvgIpc) is 2.27. The Morgan fingerprint density at radius 2 is 1.88 bits per heavy atom. The van der Waals surface area contributed by atoms with Crippen molar-refractivity contribution in [3.8, 4) is 0 Å². The summed E-state index contributed by atoms with van der Waals surface area (Å²) in [5.41, 5.74) is 0.169. The minimum absolute atomic E-state index is 0.144. The molecule has 3 N–H and O–H groups in total. The topological polar surface area (TPSA) is 52.5 Å². The summed E-state index contributed by atoms with van der Waals surface area (Å²) in [5.74, 6) is 0. The second-order valence-electron chi connectivity index (χ2n) is 3.97. The first-order valence-corrected chi connectivity index (χ1v) is 5.67. The lowest BCUT2D eigenvalue weighted by Crippen LogP contribution is -2.48. The van der Waals surface area contributed by atoms with Crippen molar-refractivity contribution < 1.29 is 10.2 Å². The highest BCUT2D eigenvalue weighted by Gasteiger charge is 2.21. The molecule has 90 valence electrons. The molecule has 1 rings (SSSR count). The molecule has 0 amide bonds. The van der Waals surface area contributed by atoms with E-state index >= 15 is 0 Å². The van der Waals surface area contributed by atoms with Crippen LogP contribution < -0.4 is 5.32 Å². The monoisotopic (exact) mass is 263 g/mol. The van der Waals surface area contributed by atoms with Gasteiger partial charge in [-0.15, -0.1) is 0 Å². The maximum absolute atomic E-state index is 9.10. The number of aliphatic hydroxyl groups is 2. The van der Waals surface area contributed by atoms with Crippen molar-refractivity contribution in [3.05, 3.63) is 33.8 Å². The summed E-state index contributed by atoms with van der Waals surface area (Å²) in [6, 6.07) is 5.22. The fourth-order valence-electron chi connectivity index (χ4n) is 1.14. The second-order valence-corrected chi connectivity index (χ2v) is 4.81. The Balaban J connectivity index is 2.67. The Kier molecular flexibility index (Phi) is 5.02. The van der Waals surface area contributed by atoms with Gasteiger partial charge in [-0.05, 0) is 24.6 Å². The van der Waals surface area contributed by atoms with Crippen molar-refractivity contribution in [2.45, 2.75) is 19.0 Å². The zero-order valence-corrected chi connectivity index (χ0v) is 10.5. The summed E-state index contributed by atoms with van der Waals surface area (Å²) in [5, 5.41) is 22.4. The van der Waals surface area contributed by atoms with E-state index in [0.717, 1.165) is 5.56 Å². The zero-order chi connectivity index (χ0) is 12.2. The largest absolute Gasteiger partial charge is 0.394 e. The van der Waals surface area contributed by atoms with Gasteiger partial charge in [0.05, 0.1) is 18.8 Å². The molecule has 0 radical (unpaired) electrons. The van der Waals surface area contributed by atoms with Crippen LogP contribution in [0.1, 0.15) is 12.5 Å². The average molecular weight is 264 g/mol. The fourth-order valence-corrected chi connectivity index (χ4v) is 1.61. The van der Waals surface area contributed by atoms with Gasteiger partial charge in [0, 0.05) is 16.6 Å². The van der Waals surface area contributed by atoms with Crippen LogP contribution in [0, 0.1) is 0 Å². The summed E-state index contributed by atoms with van der Waals surface area (Å²) in [4.78, 5) is 0. The smallest absolute Gasteiger partial charge is 0.0633 e. The van der Waals surface area contributed by atoms with Gasteiger partial charge in [0.25, 0.3) is 0 Å². The summed E-state index contributed by atoms with van der Waals surface area (Å²) >= 11 is 11.8. The predicted molar refractivity (Wildman–Crippen MR) is 65.9 cm³/mol. The summed E-state index contributed by atoms with van der Waals surface area (Å²) in [7, 11) is 0. The first-order chi connectivity index (χ1) is 7.50. The Morgan fingerprint density at radius 1 is 1.25 bits per heavy atom. The molecule has 1 aromatic carbocycles. The molecule has 5 heteroatoms. The summed E-state index contributed by atoms with van der Waals surface area (Å²) in [6.45, 7) is 1.91. The Hall–Kier alpha value is -0.320. The van der Waals surface area contributed by atoms with E-state index in [9.17, 15) is 0 Å². The van der Waals surface area contributed by atoms with Gasteiger partial charge in [-0.1, -0.05) is 29.3 Å². The van der Waals surface area contributed by atoms with Gasteiger partial charge < -0.3 is 15.5 Å². The van der Waals surface area contributed by atoms with E-state index in [1.807, 2.05) is 6.07 Å². The lowest BCUT2D eigenvalue weighted by atomic mass is 10.0. The van der Waals surface area contributed by atoms with Gasteiger partial charge in [0.15, 0.2) is 0 Å². The van der Waals surface area contributed by atoms with E-state index in [4.69, 9.17) is 33.4 Å². The number of benzene rings is 1. The van der Waals surface area contributed by atoms with Crippen LogP contribution in [-0.4, -0.2) is 29.0 Å². The molecule has 0 spiro atoms. The number of hydrogen-bond acceptors (Lipinski definition) is 3. The third-order valence-electron chi connectivity index (χ3n) is 2.42. The van der Waals surface area contributed by atoms with Crippen LogP contribution in [0.25, 0.3) is 0 Å². The van der Waals surface area contributed by atoms with Crippen LogP contribution in [-0.2, 0) is 6.54 Å². The van der Waals surface area contributed by atoms with E-state index in [2.05, 4.69) is 5.32 Å². The molecule has 0 bridgehead atoms. The van der Waals surface area contributed by atoms with Gasteiger partial charge >= 0.3 is 0 Å². The SMILES string of the molecule is CC(CO)(CO)NCc1ccc(Cl)cc1Cl. The molecule has 0 aliphatic carbocycles. The van der Waals surface area contributed by atoms with Crippen LogP contribution in [0.2, 0.25) is 10.0 Å². The van der Waals surface area contributed by atoms with Gasteiger partial charge in [-0.2, -0.15) is 0 Å². The molecule has 1 aromatic rings. The van der Waals surface area contributed by atoms with Gasteiger partial charge in [0.2, 0.25) is 0 Å². The normalized spacial score (nSPS) is 11.8. The first-order valence-electron chi connectivity index (χ1n) is 4.91. The molecule has 0 atom stereocenters. The minimum atomic E-state index is -0.705. The molecule has 0 aliphatic rings. The van der Waals surface area contributed by atoms with E-state index in [1.54, 1.807) is 19.1 Å². The van der Waals surface area contributed by atoms with Crippen LogP contribution in [0.4, 0.5) is 0 Å². The third kappa shape index (κ3) is 3.61. The summed E-state index contributed by atoms with van der Waals surface area (Å²) in [6.07, 6.45) is 0. The molecular weight excluding hydrogens is 249 g/mol. The van der Waals surface area contributed by atoms with Gasteiger partial charge in [-0.3, -0.25) is 0 Å². The molecule has 16 heavy (non-hydrogen) atoms. The second kappa shape index (κ2) is 5.84. The first kappa shape index (κ1) is 13.7. The molecule has 3 nitrogen and oxygen atoms in total. The predicted octanol–water partition coefficient (Wildman–Crippen LogP) is 1.83. The van der Waals surface area contributed by atoms with E-state index in [-0.39, 0.29) is 13.2 Å². The Bertz CT molecular complexity index is 354. The number of aliphatic hydroxyl groups excluding tert-OH is 2. The Labute approximate surface area is 105 Å². The number of rotatable bonds is 5. The fraction of sp³-hybridized carbons (Fsp3) is 0.455. The summed E-state index contributed by atoms with van der Waals surface area (Å²) < 4.78 is 0. The van der Waals surface area contributed by atoms with Crippen molar-refractivity contribution >= 4 is 23.2 Å². The molecule has 0 saturated heterocycles. The van der Waals surface area contributed by atoms with E-state index in [0.29, 0.717) is 16.6 Å². The molecule has 0 aromatic heterocycles. The van der Waals surface area contributed by atoms with Crippen LogP contribution in [0.3, 0.4) is 0 Å². The highest BCUT2D eigenvalue weighted by Crippen LogP contribution is 2.21. The highest BCUT2D eigenvalue weighted by molar-refractivity contribution is 6.35. The maximum atomic E-state index is 9.10. The quantitative estimate of drug-likeness (QED) is 0.760. The molecule has 0 heterocycles. The lowest BCUT2D eigenvalue weighted by molar-refractivity contribution is 0.103. The van der Waals surface area contributed by atoms with Crippen molar-refractivity contribution in [1.82, 2.24) is 5.32 Å². The van der Waals surface area contributed by atoms with Gasteiger partial charge in [0.1, 0.15) is 0 Å². The highest BCUT2D eigenvalue weighted by atomic mass is 35.5. The number of halogens is 2. The lowest BCUT2D eigenvalue weighted by Gasteiger charge is -2.26. The minimum Gasteiger partial charge on any atom is -0.394 e. The molecule has 0 fully saturated rings. The van der Waals surface area contributed by atoms with Gasteiger partial charge in [-0.25, -0.2) is 0 Å². The molecule has 0 aliphatic heterocycles. The van der Waals surface area contributed by atoms with E-state index < -0.39 is 5.54 Å². The number of hydrogen-bond donors (Lipinski definition) is 3. The molecule has 0 saturated carbocycles. The third-order valence-corrected chi connectivity index (χ3v) is 3.01. The van der Waals surface area contributed by atoms with Crippen LogP contribution in [0.15, 0.2) is 18.2 Å². The van der Waals surface area contributed by atoms with Crippen molar-refractivity contribution in [1.29, 1.82) is 0 Å². The van der Waals surface area contributed by atoms with Crippen molar-refractivity contribution in [2.75, 3.05) is 13.2 Å². The molecule has 0 unspecified atom stereocenters. The van der Waals surface area contributed by atoms with Crippen molar-refractivity contribution in [2.24, 2.45) is 0 Å². The van der Waals surface area contributed by atoms with E-state index in [1.165, 1.54) is 0 Å². The van der Waals surface area contributed by atoms with Crippen molar-refractivity contribution in [3.63, 3.8) is 0 Å². The maximum Gasteiger partial charge on any atom is 0.0633 e. The standard InChI is InChI=1S/C11H15Cl2NO2/c1-11(6-15,7-16)14-5-8-2-3-9(12)4-10(8)13/h2-4,14-16H,5-7H2,1H3. The van der Waals surface area contributed by atoms with Crippen LogP contribution in [0.5, 0.6) is 0 Å². The van der Waals surface area contributed by atoms with Crippen LogP contribution >= 0.6 is 23.2 Å². The Morgan fingerprint density at radius 3 is 2.38 bits per heavy atom. The number of nitrogens with one attached hydrogen (secondary N) is 1. The zero-order valence-electron chi connectivity index (χ0n) is 9.00.